The zero-order valence-corrected chi connectivity index (χ0v) is 12.4. The summed E-state index contributed by atoms with van der Waals surface area (Å²) in [4.78, 5) is 2.51. The van der Waals surface area contributed by atoms with E-state index >= 15 is 0 Å². The van der Waals surface area contributed by atoms with Crippen LogP contribution in [0.1, 0.15) is 30.4 Å². The van der Waals surface area contributed by atoms with Crippen molar-refractivity contribution in [2.75, 3.05) is 7.05 Å². The fraction of sp³-hybridized carbons (Fsp3) is 0.467. The van der Waals surface area contributed by atoms with Crippen LogP contribution in [0.2, 0.25) is 5.02 Å². The van der Waals surface area contributed by atoms with Crippen molar-refractivity contribution in [3.63, 3.8) is 0 Å². The van der Waals surface area contributed by atoms with Gasteiger partial charge in [-0.05, 0) is 56.0 Å². The first-order chi connectivity index (χ1) is 8.15. The zero-order valence-electron chi connectivity index (χ0n) is 10.8. The summed E-state index contributed by atoms with van der Waals surface area (Å²) >= 11 is 6.21. The SMILES string of the molecule is Cc1ccc(C2=CC3CCC(C2)N3C)cc1Cl.Cl. The predicted octanol–water partition coefficient (Wildman–Crippen LogP) is 4.32. The summed E-state index contributed by atoms with van der Waals surface area (Å²) in [6, 6.07) is 7.83. The zero-order chi connectivity index (χ0) is 12.0. The highest BCUT2D eigenvalue weighted by Crippen LogP contribution is 2.38. The van der Waals surface area contributed by atoms with Crippen molar-refractivity contribution in [3.05, 3.63) is 40.4 Å². The summed E-state index contributed by atoms with van der Waals surface area (Å²) < 4.78 is 0. The van der Waals surface area contributed by atoms with Gasteiger partial charge in [-0.15, -0.1) is 12.4 Å². The molecular weight excluding hydrogens is 265 g/mol. The van der Waals surface area contributed by atoms with E-state index in [4.69, 9.17) is 11.6 Å². The Kier molecular flexibility index (Phi) is 4.05. The van der Waals surface area contributed by atoms with Crippen LogP contribution in [-0.2, 0) is 0 Å². The molecule has 98 valence electrons. The Hall–Kier alpha value is -0.500. The second-order valence-electron chi connectivity index (χ2n) is 5.32. The maximum absolute atomic E-state index is 6.21. The normalized spacial score (nSPS) is 26.7. The van der Waals surface area contributed by atoms with E-state index in [0.29, 0.717) is 6.04 Å². The van der Waals surface area contributed by atoms with Gasteiger partial charge in [0, 0.05) is 17.1 Å². The average molecular weight is 284 g/mol. The third-order valence-corrected chi connectivity index (χ3v) is 4.69. The molecular formula is C15H19Cl2N. The first-order valence-electron chi connectivity index (χ1n) is 6.34. The topological polar surface area (TPSA) is 3.24 Å². The Morgan fingerprint density at radius 2 is 2.06 bits per heavy atom. The second kappa shape index (κ2) is 5.24. The summed E-state index contributed by atoms with van der Waals surface area (Å²) in [5.74, 6) is 0. The summed E-state index contributed by atoms with van der Waals surface area (Å²) in [6.45, 7) is 2.05. The number of fused-ring (bicyclic) bond motifs is 2. The average Bonchev–Trinajstić information content (AvgIpc) is 2.55. The highest BCUT2D eigenvalue weighted by atomic mass is 35.5. The monoisotopic (exact) mass is 283 g/mol. The van der Waals surface area contributed by atoms with Crippen LogP contribution in [0.15, 0.2) is 24.3 Å². The lowest BCUT2D eigenvalue weighted by molar-refractivity contribution is 0.264. The van der Waals surface area contributed by atoms with Crippen molar-refractivity contribution >= 4 is 29.6 Å². The lowest BCUT2D eigenvalue weighted by atomic mass is 9.94. The predicted molar refractivity (Wildman–Crippen MR) is 80.6 cm³/mol. The minimum atomic E-state index is 0. The highest BCUT2D eigenvalue weighted by Gasteiger charge is 2.33. The van der Waals surface area contributed by atoms with Crippen LogP contribution >= 0.6 is 24.0 Å². The number of halogens is 2. The molecule has 1 saturated heterocycles. The molecule has 0 spiro atoms. The number of rotatable bonds is 1. The van der Waals surface area contributed by atoms with Crippen LogP contribution in [0.4, 0.5) is 0 Å². The molecule has 2 atom stereocenters. The number of aryl methyl sites for hydroxylation is 1. The fourth-order valence-electron chi connectivity index (χ4n) is 3.05. The number of nitrogens with zero attached hydrogens (tertiary/aromatic N) is 1. The third kappa shape index (κ3) is 2.32. The summed E-state index contributed by atoms with van der Waals surface area (Å²) in [7, 11) is 2.25. The lowest BCUT2D eigenvalue weighted by Crippen LogP contribution is -2.34. The van der Waals surface area contributed by atoms with Crippen LogP contribution in [0.5, 0.6) is 0 Å². The fourth-order valence-corrected chi connectivity index (χ4v) is 3.23. The van der Waals surface area contributed by atoms with Gasteiger partial charge in [-0.3, -0.25) is 4.90 Å². The van der Waals surface area contributed by atoms with Crippen molar-refractivity contribution in [1.29, 1.82) is 0 Å². The van der Waals surface area contributed by atoms with E-state index in [1.807, 2.05) is 0 Å². The molecule has 0 radical (unpaired) electrons. The van der Waals surface area contributed by atoms with Gasteiger partial charge in [0.25, 0.3) is 0 Å². The van der Waals surface area contributed by atoms with Crippen molar-refractivity contribution in [2.45, 2.75) is 38.3 Å². The highest BCUT2D eigenvalue weighted by molar-refractivity contribution is 6.31. The molecule has 3 heteroatoms. The van der Waals surface area contributed by atoms with Crippen LogP contribution < -0.4 is 0 Å². The van der Waals surface area contributed by atoms with Gasteiger partial charge in [0.1, 0.15) is 0 Å². The van der Waals surface area contributed by atoms with Gasteiger partial charge >= 0.3 is 0 Å². The van der Waals surface area contributed by atoms with Gasteiger partial charge in [0.2, 0.25) is 0 Å². The van der Waals surface area contributed by atoms with Gasteiger partial charge in [0.15, 0.2) is 0 Å². The van der Waals surface area contributed by atoms with Crippen LogP contribution in [0, 0.1) is 6.92 Å². The molecule has 2 aliphatic rings. The number of likely N-dealkylation sites (N-methyl/N-ethyl adjacent to an activating group) is 1. The molecule has 0 amide bonds. The quantitative estimate of drug-likeness (QED) is 0.742. The Morgan fingerprint density at radius 3 is 2.72 bits per heavy atom. The Bertz CT molecular complexity index is 481. The van der Waals surface area contributed by atoms with Crippen LogP contribution in [0.25, 0.3) is 5.57 Å². The minimum Gasteiger partial charge on any atom is -0.297 e. The van der Waals surface area contributed by atoms with E-state index in [1.165, 1.54) is 30.4 Å². The van der Waals surface area contributed by atoms with Gasteiger partial charge in [-0.25, -0.2) is 0 Å². The molecule has 1 nitrogen and oxygen atoms in total. The second-order valence-corrected chi connectivity index (χ2v) is 5.73. The maximum atomic E-state index is 6.21. The van der Waals surface area contributed by atoms with Gasteiger partial charge in [-0.2, -0.15) is 0 Å². The first-order valence-corrected chi connectivity index (χ1v) is 6.72. The standard InChI is InChI=1S/C15H18ClN.ClH/c1-10-3-4-11(9-15(10)16)12-7-13-5-6-14(8-12)17(13)2;/h3-4,7,9,13-14H,5-6,8H2,1-2H3;1H. The Morgan fingerprint density at radius 1 is 1.28 bits per heavy atom. The molecule has 2 unspecified atom stereocenters. The van der Waals surface area contributed by atoms with Crippen LogP contribution in [0.3, 0.4) is 0 Å². The van der Waals surface area contributed by atoms with E-state index in [-0.39, 0.29) is 12.4 Å². The molecule has 1 fully saturated rings. The molecule has 0 aliphatic carbocycles. The molecule has 2 heterocycles. The molecule has 0 N–H and O–H groups in total. The molecule has 0 aromatic heterocycles. The Balaban J connectivity index is 0.00000120. The molecule has 18 heavy (non-hydrogen) atoms. The number of hydrogen-bond acceptors (Lipinski definition) is 1. The first kappa shape index (κ1) is 13.9. The number of benzene rings is 1. The number of hydrogen-bond donors (Lipinski definition) is 0. The summed E-state index contributed by atoms with van der Waals surface area (Å²) in [5.41, 5.74) is 3.95. The van der Waals surface area contributed by atoms with Crippen molar-refractivity contribution in [2.24, 2.45) is 0 Å². The molecule has 0 saturated carbocycles. The third-order valence-electron chi connectivity index (χ3n) is 4.29. The van der Waals surface area contributed by atoms with Gasteiger partial charge in [-0.1, -0.05) is 29.8 Å². The van der Waals surface area contributed by atoms with Crippen molar-refractivity contribution < 1.29 is 0 Å². The molecule has 2 aliphatic heterocycles. The summed E-state index contributed by atoms with van der Waals surface area (Å²) in [6.07, 6.45) is 6.25. The molecule has 1 aromatic rings. The summed E-state index contributed by atoms with van der Waals surface area (Å²) in [5, 5.41) is 0.884. The maximum Gasteiger partial charge on any atom is 0.0441 e. The van der Waals surface area contributed by atoms with E-state index < -0.39 is 0 Å². The largest absolute Gasteiger partial charge is 0.297 e. The van der Waals surface area contributed by atoms with E-state index in [1.54, 1.807) is 0 Å². The Labute approximate surface area is 120 Å². The van der Waals surface area contributed by atoms with E-state index in [9.17, 15) is 0 Å². The van der Waals surface area contributed by atoms with E-state index in [0.717, 1.165) is 16.6 Å². The molecule has 2 bridgehead atoms. The molecule has 1 aromatic carbocycles. The minimum absolute atomic E-state index is 0. The van der Waals surface area contributed by atoms with Crippen molar-refractivity contribution in [1.82, 2.24) is 4.90 Å². The van der Waals surface area contributed by atoms with Gasteiger partial charge < -0.3 is 0 Å². The lowest BCUT2D eigenvalue weighted by Gasteiger charge is -2.30. The van der Waals surface area contributed by atoms with Crippen molar-refractivity contribution in [3.8, 4) is 0 Å². The smallest absolute Gasteiger partial charge is 0.0441 e. The van der Waals surface area contributed by atoms with Crippen LogP contribution in [-0.4, -0.2) is 24.0 Å². The molecule has 3 rings (SSSR count). The van der Waals surface area contributed by atoms with Gasteiger partial charge in [0.05, 0.1) is 0 Å². The van der Waals surface area contributed by atoms with E-state index in [2.05, 4.69) is 43.1 Å².